The molecule has 0 fully saturated rings. The minimum Gasteiger partial charge on any atom is -0.314 e. The largest absolute Gasteiger partial charge is 0.314 e. The summed E-state index contributed by atoms with van der Waals surface area (Å²) in [6.07, 6.45) is 0. The van der Waals surface area contributed by atoms with Gasteiger partial charge in [-0.15, -0.1) is 0 Å². The molecule has 1 atom stereocenters. The molecule has 0 aliphatic heterocycles. The van der Waals surface area contributed by atoms with Crippen molar-refractivity contribution >= 4 is 9.24 Å². The van der Waals surface area contributed by atoms with Crippen molar-refractivity contribution in [2.75, 3.05) is 13.6 Å². The molecule has 0 saturated heterocycles. The molecule has 0 saturated carbocycles. The zero-order valence-electron chi connectivity index (χ0n) is 4.04. The van der Waals surface area contributed by atoms with E-state index in [2.05, 4.69) is 5.32 Å². The monoisotopic (exact) mass is 127 g/mol. The van der Waals surface area contributed by atoms with Crippen LogP contribution in [0.2, 0.25) is 0 Å². The van der Waals surface area contributed by atoms with Crippen LogP contribution in [0.25, 0.3) is 0 Å². The quantitative estimate of drug-likeness (QED) is 0.537. The van der Waals surface area contributed by atoms with Crippen molar-refractivity contribution in [1.29, 1.82) is 0 Å². The standard InChI is InChI=1S/C3H8F2NP/c1-6-2-3(4,5)7/h6H,2,7H2,1H3. The van der Waals surface area contributed by atoms with Crippen molar-refractivity contribution in [2.45, 2.75) is 5.66 Å². The van der Waals surface area contributed by atoms with E-state index in [0.717, 1.165) is 0 Å². The molecular formula is C3H8F2NP. The van der Waals surface area contributed by atoms with Gasteiger partial charge in [-0.25, -0.2) is 8.78 Å². The molecule has 0 aliphatic carbocycles. The van der Waals surface area contributed by atoms with Gasteiger partial charge in [-0.1, -0.05) is 9.24 Å². The molecule has 0 aromatic heterocycles. The maximum atomic E-state index is 11.6. The first-order valence-corrected chi connectivity index (χ1v) is 2.45. The average molecular weight is 127 g/mol. The van der Waals surface area contributed by atoms with Gasteiger partial charge in [0.1, 0.15) is 0 Å². The zero-order valence-corrected chi connectivity index (χ0v) is 5.20. The number of nitrogens with one attached hydrogen (secondary N) is 1. The number of alkyl halides is 2. The molecule has 0 bridgehead atoms. The van der Waals surface area contributed by atoms with Gasteiger partial charge < -0.3 is 5.32 Å². The van der Waals surface area contributed by atoms with E-state index in [9.17, 15) is 8.78 Å². The van der Waals surface area contributed by atoms with Gasteiger partial charge in [-0.2, -0.15) is 0 Å². The highest BCUT2D eigenvalue weighted by Crippen LogP contribution is 2.19. The molecule has 0 aromatic carbocycles. The Kier molecular flexibility index (Phi) is 2.62. The van der Waals surface area contributed by atoms with Crippen LogP contribution in [0.5, 0.6) is 0 Å². The summed E-state index contributed by atoms with van der Waals surface area (Å²) in [5.74, 6) is 0. The predicted octanol–water partition coefficient (Wildman–Crippen LogP) is 0.674. The molecule has 0 amide bonds. The maximum absolute atomic E-state index is 11.6. The fourth-order valence-electron chi connectivity index (χ4n) is 0.236. The number of hydrogen-bond donors (Lipinski definition) is 1. The van der Waals surface area contributed by atoms with Gasteiger partial charge >= 0.3 is 0 Å². The summed E-state index contributed by atoms with van der Waals surface area (Å²) in [7, 11) is 2.92. The molecule has 0 rings (SSSR count). The van der Waals surface area contributed by atoms with Crippen LogP contribution in [0, 0.1) is 0 Å². The second-order valence-corrected chi connectivity index (χ2v) is 2.14. The Bertz CT molecular complexity index is 51.4. The van der Waals surface area contributed by atoms with Crippen molar-refractivity contribution in [3.05, 3.63) is 0 Å². The van der Waals surface area contributed by atoms with Gasteiger partial charge in [-0.05, 0) is 7.05 Å². The lowest BCUT2D eigenvalue weighted by molar-refractivity contribution is 0.106. The van der Waals surface area contributed by atoms with Crippen LogP contribution in [0.3, 0.4) is 0 Å². The summed E-state index contributed by atoms with van der Waals surface area (Å²) in [5, 5.41) is 2.34. The predicted molar refractivity (Wildman–Crippen MR) is 28.6 cm³/mol. The molecule has 4 heteroatoms. The number of rotatable bonds is 2. The summed E-state index contributed by atoms with van der Waals surface area (Å²) in [4.78, 5) is 0. The van der Waals surface area contributed by atoms with E-state index in [0.29, 0.717) is 0 Å². The van der Waals surface area contributed by atoms with Gasteiger partial charge in [0.15, 0.2) is 0 Å². The van der Waals surface area contributed by atoms with Crippen LogP contribution < -0.4 is 5.32 Å². The molecule has 7 heavy (non-hydrogen) atoms. The summed E-state index contributed by atoms with van der Waals surface area (Å²) >= 11 is 0. The van der Waals surface area contributed by atoms with Crippen molar-refractivity contribution in [1.82, 2.24) is 5.32 Å². The van der Waals surface area contributed by atoms with Crippen molar-refractivity contribution in [3.8, 4) is 0 Å². The topological polar surface area (TPSA) is 12.0 Å². The van der Waals surface area contributed by atoms with E-state index in [1.165, 1.54) is 16.3 Å². The fraction of sp³-hybridized carbons (Fsp3) is 1.00. The third-order valence-electron chi connectivity index (χ3n) is 0.412. The maximum Gasteiger partial charge on any atom is 0.271 e. The average Bonchev–Trinajstić information content (AvgIpc) is 1.30. The third-order valence-corrected chi connectivity index (χ3v) is 0.617. The molecule has 0 spiro atoms. The van der Waals surface area contributed by atoms with E-state index in [4.69, 9.17) is 0 Å². The first-order chi connectivity index (χ1) is 3.06. The second-order valence-electron chi connectivity index (χ2n) is 1.29. The highest BCUT2D eigenvalue weighted by molar-refractivity contribution is 7.18. The van der Waals surface area contributed by atoms with Gasteiger partial charge in [0.05, 0.1) is 6.54 Å². The molecule has 1 nitrogen and oxygen atoms in total. The van der Waals surface area contributed by atoms with E-state index in [1.54, 1.807) is 0 Å². The molecule has 0 heterocycles. The van der Waals surface area contributed by atoms with E-state index >= 15 is 0 Å². The number of halogens is 2. The lowest BCUT2D eigenvalue weighted by atomic mass is 10.7. The zero-order chi connectivity index (χ0) is 5.91. The highest BCUT2D eigenvalue weighted by Gasteiger charge is 2.18. The fourth-order valence-corrected chi connectivity index (χ4v) is 0.440. The Morgan fingerprint density at radius 1 is 1.71 bits per heavy atom. The lowest BCUT2D eigenvalue weighted by Crippen LogP contribution is -2.23. The van der Waals surface area contributed by atoms with Crippen LogP contribution in [0.1, 0.15) is 0 Å². The van der Waals surface area contributed by atoms with Gasteiger partial charge in [0.2, 0.25) is 0 Å². The van der Waals surface area contributed by atoms with E-state index in [-0.39, 0.29) is 6.54 Å². The highest BCUT2D eigenvalue weighted by atomic mass is 31.0. The minimum absolute atomic E-state index is 0.280. The van der Waals surface area contributed by atoms with Crippen LogP contribution in [0.15, 0.2) is 0 Å². The van der Waals surface area contributed by atoms with Crippen LogP contribution in [0.4, 0.5) is 8.78 Å². The molecular weight excluding hydrogens is 119 g/mol. The molecule has 44 valence electrons. The Labute approximate surface area is 43.7 Å². The number of hydrogen-bond acceptors (Lipinski definition) is 1. The normalized spacial score (nSPS) is 12.0. The Balaban J connectivity index is 3.15. The van der Waals surface area contributed by atoms with Crippen molar-refractivity contribution in [3.63, 3.8) is 0 Å². The van der Waals surface area contributed by atoms with E-state index in [1.807, 2.05) is 0 Å². The van der Waals surface area contributed by atoms with Crippen molar-refractivity contribution in [2.24, 2.45) is 0 Å². The molecule has 0 radical (unpaired) electrons. The van der Waals surface area contributed by atoms with Crippen molar-refractivity contribution < 1.29 is 8.78 Å². The summed E-state index contributed by atoms with van der Waals surface area (Å²) in [6, 6.07) is 0. The molecule has 1 N–H and O–H groups in total. The Hall–Kier alpha value is 0.250. The lowest BCUT2D eigenvalue weighted by Gasteiger charge is -2.06. The van der Waals surface area contributed by atoms with Gasteiger partial charge in [-0.3, -0.25) is 0 Å². The van der Waals surface area contributed by atoms with Crippen LogP contribution in [-0.2, 0) is 0 Å². The molecule has 0 aromatic rings. The van der Waals surface area contributed by atoms with Gasteiger partial charge in [0, 0.05) is 0 Å². The molecule has 0 aliphatic rings. The second kappa shape index (κ2) is 2.53. The Morgan fingerprint density at radius 2 is 2.14 bits per heavy atom. The minimum atomic E-state index is -2.64. The SMILES string of the molecule is CNCC(F)(F)P. The Morgan fingerprint density at radius 3 is 2.14 bits per heavy atom. The van der Waals surface area contributed by atoms with Crippen LogP contribution >= 0.6 is 9.24 Å². The van der Waals surface area contributed by atoms with E-state index < -0.39 is 5.66 Å². The van der Waals surface area contributed by atoms with Crippen LogP contribution in [-0.4, -0.2) is 19.3 Å². The first-order valence-electron chi connectivity index (χ1n) is 1.87. The third kappa shape index (κ3) is 6.25. The summed E-state index contributed by atoms with van der Waals surface area (Å²) in [5.41, 5.74) is -2.64. The smallest absolute Gasteiger partial charge is 0.271 e. The summed E-state index contributed by atoms with van der Waals surface area (Å²) in [6.45, 7) is -0.280. The summed E-state index contributed by atoms with van der Waals surface area (Å²) < 4.78 is 23.2. The van der Waals surface area contributed by atoms with Gasteiger partial charge in [0.25, 0.3) is 5.66 Å². The first kappa shape index (κ1) is 7.25. The molecule has 1 unspecified atom stereocenters.